The summed E-state index contributed by atoms with van der Waals surface area (Å²) in [6, 6.07) is 0. The monoisotopic (exact) mass is 200 g/mol. The first-order valence-corrected chi connectivity index (χ1v) is 3.89. The molecule has 70 valence electrons. The Morgan fingerprint density at radius 1 is 1.58 bits per heavy atom. The zero-order valence-corrected chi connectivity index (χ0v) is 7.04. The van der Waals surface area contributed by atoms with Crippen molar-refractivity contribution in [2.24, 2.45) is 0 Å². The summed E-state index contributed by atoms with van der Waals surface area (Å²) >= 11 is -0.209. The molecule has 12 heavy (non-hydrogen) atoms. The summed E-state index contributed by atoms with van der Waals surface area (Å²) < 4.78 is 38.6. The van der Waals surface area contributed by atoms with Crippen LogP contribution >= 0.6 is 11.8 Å². The van der Waals surface area contributed by atoms with Gasteiger partial charge in [0.25, 0.3) is 0 Å². The normalized spacial score (nSPS) is 12.0. The number of ether oxygens (including phenoxy) is 1. The quantitative estimate of drug-likeness (QED) is 0.514. The van der Waals surface area contributed by atoms with Gasteiger partial charge in [0.05, 0.1) is 7.11 Å². The third-order valence-corrected chi connectivity index (χ3v) is 1.48. The summed E-state index contributed by atoms with van der Waals surface area (Å²) in [5.74, 6) is -0.934. The van der Waals surface area contributed by atoms with E-state index in [4.69, 9.17) is 0 Å². The minimum absolute atomic E-state index is 0.209. The van der Waals surface area contributed by atoms with Crippen molar-refractivity contribution in [2.75, 3.05) is 12.9 Å². The average molecular weight is 200 g/mol. The number of carbonyl (C=O) groups is 1. The summed E-state index contributed by atoms with van der Waals surface area (Å²) in [5, 5.41) is 0. The van der Waals surface area contributed by atoms with Gasteiger partial charge in [-0.05, 0) is 11.8 Å². The minimum atomic E-state index is -4.25. The lowest BCUT2D eigenvalue weighted by Crippen LogP contribution is -2.00. The van der Waals surface area contributed by atoms with E-state index in [2.05, 4.69) is 4.74 Å². The van der Waals surface area contributed by atoms with Crippen LogP contribution in [0.2, 0.25) is 0 Å². The number of methoxy groups -OCH3 is 1. The van der Waals surface area contributed by atoms with E-state index < -0.39 is 11.5 Å². The van der Waals surface area contributed by atoms with E-state index in [1.807, 2.05) is 0 Å². The second-order valence-corrected chi connectivity index (χ2v) is 2.77. The van der Waals surface area contributed by atoms with Gasteiger partial charge in [0.15, 0.2) is 0 Å². The van der Waals surface area contributed by atoms with Gasteiger partial charge < -0.3 is 4.74 Å². The third-order valence-electron chi connectivity index (χ3n) is 0.798. The van der Waals surface area contributed by atoms with Gasteiger partial charge in [-0.2, -0.15) is 13.2 Å². The molecule has 0 aliphatic carbocycles. The molecular formula is C6H7F3O2S. The molecule has 0 bridgehead atoms. The summed E-state index contributed by atoms with van der Waals surface area (Å²) in [5.41, 5.74) is -4.25. The highest BCUT2D eigenvalue weighted by molar-refractivity contribution is 8.00. The number of alkyl halides is 3. The highest BCUT2D eigenvalue weighted by Crippen LogP contribution is 2.29. The Kier molecular flexibility index (Phi) is 4.80. The highest BCUT2D eigenvalue weighted by atomic mass is 32.2. The predicted octanol–water partition coefficient (Wildman–Crippen LogP) is 1.97. The second kappa shape index (κ2) is 5.08. The van der Waals surface area contributed by atoms with E-state index >= 15 is 0 Å². The molecule has 0 unspecified atom stereocenters. The van der Waals surface area contributed by atoms with Crippen LogP contribution in [0.3, 0.4) is 0 Å². The standard InChI is InChI=1S/C6H7F3O2S/c1-11-5(10)3-2-4-12-6(7,8)9/h2-3H,4H2,1H3/b3-2+. The molecule has 0 N–H and O–H groups in total. The second-order valence-electron chi connectivity index (χ2n) is 1.68. The first-order valence-electron chi connectivity index (χ1n) is 2.91. The summed E-state index contributed by atoms with van der Waals surface area (Å²) in [7, 11) is 1.16. The van der Waals surface area contributed by atoms with Crippen molar-refractivity contribution in [2.45, 2.75) is 5.51 Å². The lowest BCUT2D eigenvalue weighted by atomic mass is 10.5. The minimum Gasteiger partial charge on any atom is -0.466 e. The maximum atomic E-state index is 11.5. The number of hydrogen-bond acceptors (Lipinski definition) is 3. The van der Waals surface area contributed by atoms with Crippen LogP contribution in [0.4, 0.5) is 13.2 Å². The van der Waals surface area contributed by atoms with Crippen molar-refractivity contribution in [1.29, 1.82) is 0 Å². The fraction of sp³-hybridized carbons (Fsp3) is 0.500. The van der Waals surface area contributed by atoms with Crippen LogP contribution in [0, 0.1) is 0 Å². The Morgan fingerprint density at radius 2 is 2.17 bits per heavy atom. The van der Waals surface area contributed by atoms with Crippen molar-refractivity contribution in [3.05, 3.63) is 12.2 Å². The molecular weight excluding hydrogens is 193 g/mol. The van der Waals surface area contributed by atoms with Crippen LogP contribution in [-0.4, -0.2) is 24.3 Å². The van der Waals surface area contributed by atoms with Crippen LogP contribution in [0.25, 0.3) is 0 Å². The molecule has 0 aromatic rings. The van der Waals surface area contributed by atoms with Gasteiger partial charge in [-0.3, -0.25) is 0 Å². The van der Waals surface area contributed by atoms with Gasteiger partial charge >= 0.3 is 11.5 Å². The molecule has 0 rings (SSSR count). The number of esters is 1. The fourth-order valence-electron chi connectivity index (χ4n) is 0.355. The fourth-order valence-corrected chi connectivity index (χ4v) is 0.736. The topological polar surface area (TPSA) is 26.3 Å². The smallest absolute Gasteiger partial charge is 0.442 e. The number of carbonyl (C=O) groups excluding carboxylic acids is 1. The molecule has 0 amide bonds. The van der Waals surface area contributed by atoms with Gasteiger partial charge in [-0.1, -0.05) is 6.08 Å². The molecule has 2 nitrogen and oxygen atoms in total. The van der Waals surface area contributed by atoms with Crippen LogP contribution in [0.5, 0.6) is 0 Å². The number of hydrogen-bond donors (Lipinski definition) is 0. The Morgan fingerprint density at radius 3 is 2.58 bits per heavy atom. The summed E-state index contributed by atoms with van der Waals surface area (Å²) in [6.45, 7) is 0. The first-order chi connectivity index (χ1) is 5.45. The molecule has 0 aromatic carbocycles. The molecule has 0 fully saturated rings. The number of halogens is 3. The van der Waals surface area contributed by atoms with Gasteiger partial charge in [0.2, 0.25) is 0 Å². The van der Waals surface area contributed by atoms with Gasteiger partial charge in [-0.15, -0.1) is 0 Å². The molecule has 0 aromatic heterocycles. The van der Waals surface area contributed by atoms with E-state index in [1.165, 1.54) is 0 Å². The Bertz CT molecular complexity index is 176. The Labute approximate surface area is 71.8 Å². The summed E-state index contributed by atoms with van der Waals surface area (Å²) in [6.07, 6.45) is 2.06. The van der Waals surface area contributed by atoms with E-state index in [0.717, 1.165) is 19.3 Å². The van der Waals surface area contributed by atoms with Crippen molar-refractivity contribution in [3.63, 3.8) is 0 Å². The zero-order chi connectivity index (χ0) is 9.61. The Hall–Kier alpha value is -0.650. The third kappa shape index (κ3) is 7.46. The largest absolute Gasteiger partial charge is 0.466 e. The SMILES string of the molecule is COC(=O)/C=C/CSC(F)(F)F. The molecule has 0 spiro atoms. The average Bonchev–Trinajstić information content (AvgIpc) is 1.96. The maximum Gasteiger partial charge on any atom is 0.442 e. The molecule has 0 aliphatic rings. The van der Waals surface area contributed by atoms with E-state index in [9.17, 15) is 18.0 Å². The Balaban J connectivity index is 3.56. The van der Waals surface area contributed by atoms with Crippen LogP contribution in [-0.2, 0) is 9.53 Å². The summed E-state index contributed by atoms with van der Waals surface area (Å²) in [4.78, 5) is 10.3. The molecule has 0 radical (unpaired) electrons. The molecule has 0 heterocycles. The highest BCUT2D eigenvalue weighted by Gasteiger charge is 2.26. The zero-order valence-electron chi connectivity index (χ0n) is 6.22. The number of rotatable bonds is 3. The predicted molar refractivity (Wildman–Crippen MR) is 39.7 cm³/mol. The van der Waals surface area contributed by atoms with Crippen LogP contribution in [0.15, 0.2) is 12.2 Å². The first kappa shape index (κ1) is 11.4. The number of thioether (sulfide) groups is 1. The molecule has 0 saturated heterocycles. The van der Waals surface area contributed by atoms with E-state index in [1.54, 1.807) is 0 Å². The van der Waals surface area contributed by atoms with Gasteiger partial charge in [0, 0.05) is 11.8 Å². The van der Waals surface area contributed by atoms with Crippen molar-refractivity contribution in [1.82, 2.24) is 0 Å². The van der Waals surface area contributed by atoms with Crippen LogP contribution < -0.4 is 0 Å². The van der Waals surface area contributed by atoms with Gasteiger partial charge in [-0.25, -0.2) is 4.79 Å². The van der Waals surface area contributed by atoms with Crippen LogP contribution in [0.1, 0.15) is 0 Å². The molecule has 0 aliphatic heterocycles. The van der Waals surface area contributed by atoms with E-state index in [0.29, 0.717) is 0 Å². The van der Waals surface area contributed by atoms with Crippen molar-refractivity contribution < 1.29 is 22.7 Å². The van der Waals surface area contributed by atoms with Crippen molar-refractivity contribution >= 4 is 17.7 Å². The lowest BCUT2D eigenvalue weighted by Gasteiger charge is -2.00. The molecule has 0 atom stereocenters. The van der Waals surface area contributed by atoms with E-state index in [-0.39, 0.29) is 17.5 Å². The van der Waals surface area contributed by atoms with Crippen molar-refractivity contribution in [3.8, 4) is 0 Å². The molecule has 6 heteroatoms. The lowest BCUT2D eigenvalue weighted by molar-refractivity contribution is -0.134. The van der Waals surface area contributed by atoms with Gasteiger partial charge in [0.1, 0.15) is 0 Å². The maximum absolute atomic E-state index is 11.5. The molecule has 0 saturated carbocycles.